The van der Waals surface area contributed by atoms with Crippen molar-refractivity contribution in [2.75, 3.05) is 7.11 Å². The molecule has 0 N–H and O–H groups in total. The first kappa shape index (κ1) is 17.2. The van der Waals surface area contributed by atoms with Crippen LogP contribution in [0.2, 0.25) is 0 Å². The Labute approximate surface area is 152 Å². The third-order valence-electron chi connectivity index (χ3n) is 4.00. The van der Waals surface area contributed by atoms with E-state index in [4.69, 9.17) is 14.7 Å². The topological polar surface area (TPSA) is 59.3 Å². The number of nitrogens with zero attached hydrogens (tertiary/aromatic N) is 1. The number of hydrogen-bond donors (Lipinski definition) is 0. The van der Waals surface area contributed by atoms with Crippen LogP contribution in [0.3, 0.4) is 0 Å². The van der Waals surface area contributed by atoms with Crippen molar-refractivity contribution in [3.63, 3.8) is 0 Å². The summed E-state index contributed by atoms with van der Waals surface area (Å²) >= 11 is 0. The van der Waals surface area contributed by atoms with E-state index in [1.54, 1.807) is 18.2 Å². The smallest absolute Gasteiger partial charge is 0.323 e. The van der Waals surface area contributed by atoms with Crippen molar-refractivity contribution < 1.29 is 14.3 Å². The Bertz CT molecular complexity index is 891. The highest BCUT2D eigenvalue weighted by atomic mass is 16.6. The molecular weight excluding hydrogens is 326 g/mol. The molecule has 0 atom stereocenters. The number of methoxy groups -OCH3 is 1. The van der Waals surface area contributed by atoms with Gasteiger partial charge in [-0.3, -0.25) is 4.79 Å². The Kier molecular flexibility index (Phi) is 5.31. The molecule has 4 nitrogen and oxygen atoms in total. The lowest BCUT2D eigenvalue weighted by Gasteiger charge is -2.18. The van der Waals surface area contributed by atoms with Gasteiger partial charge in [-0.2, -0.15) is 5.26 Å². The molecule has 3 aromatic carbocycles. The summed E-state index contributed by atoms with van der Waals surface area (Å²) in [6, 6.07) is 25.7. The van der Waals surface area contributed by atoms with Gasteiger partial charge in [-0.1, -0.05) is 60.7 Å². The summed E-state index contributed by atoms with van der Waals surface area (Å²) in [6.45, 7) is 0. The summed E-state index contributed by atoms with van der Waals surface area (Å²) in [5.41, 5.74) is 2.12. The van der Waals surface area contributed by atoms with E-state index in [-0.39, 0.29) is 5.75 Å². The average molecular weight is 343 g/mol. The molecule has 0 saturated heterocycles. The summed E-state index contributed by atoms with van der Waals surface area (Å²) in [7, 11) is 1.47. The zero-order valence-electron chi connectivity index (χ0n) is 14.3. The van der Waals surface area contributed by atoms with Gasteiger partial charge >= 0.3 is 5.97 Å². The molecule has 4 heteroatoms. The number of carbonyl (C=O) groups excluding carboxylic acids is 1. The van der Waals surface area contributed by atoms with Gasteiger partial charge in [0.2, 0.25) is 0 Å². The van der Waals surface area contributed by atoms with Crippen LogP contribution in [0.4, 0.5) is 0 Å². The second-order valence-electron chi connectivity index (χ2n) is 5.65. The van der Waals surface area contributed by atoms with Gasteiger partial charge in [0.05, 0.1) is 18.7 Å². The molecule has 0 amide bonds. The molecule has 0 aromatic heterocycles. The number of rotatable bonds is 5. The summed E-state index contributed by atoms with van der Waals surface area (Å²) in [5, 5.41) is 9.00. The third-order valence-corrected chi connectivity index (χ3v) is 4.00. The molecule has 128 valence electrons. The molecule has 0 saturated carbocycles. The van der Waals surface area contributed by atoms with Crippen molar-refractivity contribution in [3.05, 3.63) is 95.6 Å². The molecule has 0 spiro atoms. The Hall–Kier alpha value is -3.58. The maximum Gasteiger partial charge on any atom is 0.323 e. The summed E-state index contributed by atoms with van der Waals surface area (Å²) in [4.78, 5) is 13.0. The Morgan fingerprint density at radius 3 is 1.96 bits per heavy atom. The quantitative estimate of drug-likeness (QED) is 0.512. The molecule has 0 fully saturated rings. The van der Waals surface area contributed by atoms with E-state index >= 15 is 0 Å². The second-order valence-corrected chi connectivity index (χ2v) is 5.65. The first-order chi connectivity index (χ1) is 12.7. The van der Waals surface area contributed by atoms with Gasteiger partial charge in [0.1, 0.15) is 5.92 Å². The van der Waals surface area contributed by atoms with Crippen LogP contribution in [0, 0.1) is 11.3 Å². The lowest BCUT2D eigenvalue weighted by Crippen LogP contribution is -2.20. The van der Waals surface area contributed by atoms with E-state index in [9.17, 15) is 4.79 Å². The molecule has 0 aliphatic rings. The number of nitriles is 1. The largest absolute Gasteiger partial charge is 0.493 e. The van der Waals surface area contributed by atoms with Crippen molar-refractivity contribution in [1.82, 2.24) is 0 Å². The maximum absolute atomic E-state index is 13.0. The van der Waals surface area contributed by atoms with Crippen molar-refractivity contribution in [3.8, 4) is 17.6 Å². The third kappa shape index (κ3) is 3.73. The van der Waals surface area contributed by atoms with E-state index < -0.39 is 11.9 Å². The summed E-state index contributed by atoms with van der Waals surface area (Å²) in [6.07, 6.45) is 0. The van der Waals surface area contributed by atoms with Crippen LogP contribution in [-0.2, 0) is 4.79 Å². The molecule has 0 aliphatic carbocycles. The van der Waals surface area contributed by atoms with Crippen LogP contribution in [0.1, 0.15) is 22.6 Å². The predicted octanol–water partition coefficient (Wildman–Crippen LogP) is 4.30. The fraction of sp³-hybridized carbons (Fsp3) is 0.0909. The van der Waals surface area contributed by atoms with E-state index in [0.29, 0.717) is 11.3 Å². The Morgan fingerprint density at radius 1 is 0.885 bits per heavy atom. The van der Waals surface area contributed by atoms with Crippen LogP contribution in [0.5, 0.6) is 11.5 Å². The maximum atomic E-state index is 13.0. The highest BCUT2D eigenvalue weighted by Gasteiger charge is 2.25. The number of esters is 1. The number of ether oxygens (including phenoxy) is 2. The molecule has 3 aromatic rings. The van der Waals surface area contributed by atoms with Crippen molar-refractivity contribution in [2.45, 2.75) is 5.92 Å². The predicted molar refractivity (Wildman–Crippen MR) is 98.1 cm³/mol. The Balaban J connectivity index is 1.96. The SMILES string of the molecule is COc1cc(C#N)ccc1OC(=O)C(c1ccccc1)c1ccccc1. The molecule has 0 radical (unpaired) electrons. The zero-order valence-corrected chi connectivity index (χ0v) is 14.3. The van der Waals surface area contributed by atoms with Crippen molar-refractivity contribution in [2.24, 2.45) is 0 Å². The van der Waals surface area contributed by atoms with Crippen LogP contribution in [0.15, 0.2) is 78.9 Å². The van der Waals surface area contributed by atoms with E-state index in [0.717, 1.165) is 11.1 Å². The lowest BCUT2D eigenvalue weighted by atomic mass is 9.91. The standard InChI is InChI=1S/C22H17NO3/c1-25-20-14-16(15-23)12-13-19(20)26-22(24)21(17-8-4-2-5-9-17)18-10-6-3-7-11-18/h2-14,21H,1H3. The first-order valence-corrected chi connectivity index (χ1v) is 8.12. The van der Waals surface area contributed by atoms with Crippen LogP contribution >= 0.6 is 0 Å². The molecule has 0 unspecified atom stereocenters. The van der Waals surface area contributed by atoms with E-state index in [1.165, 1.54) is 7.11 Å². The van der Waals surface area contributed by atoms with E-state index in [2.05, 4.69) is 0 Å². The number of hydrogen-bond acceptors (Lipinski definition) is 4. The van der Waals surface area contributed by atoms with E-state index in [1.807, 2.05) is 66.7 Å². The number of carbonyl (C=O) groups is 1. The van der Waals surface area contributed by atoms with Gasteiger partial charge in [0.25, 0.3) is 0 Å². The normalized spacial score (nSPS) is 10.2. The van der Waals surface area contributed by atoms with Crippen LogP contribution in [-0.4, -0.2) is 13.1 Å². The minimum absolute atomic E-state index is 0.286. The van der Waals surface area contributed by atoms with Gasteiger partial charge in [-0.25, -0.2) is 0 Å². The van der Waals surface area contributed by atoms with Gasteiger partial charge in [-0.15, -0.1) is 0 Å². The molecule has 0 heterocycles. The summed E-state index contributed by atoms with van der Waals surface area (Å²) in [5.74, 6) is -0.339. The zero-order chi connectivity index (χ0) is 18.4. The van der Waals surface area contributed by atoms with Gasteiger partial charge < -0.3 is 9.47 Å². The minimum Gasteiger partial charge on any atom is -0.493 e. The minimum atomic E-state index is -0.558. The molecule has 26 heavy (non-hydrogen) atoms. The lowest BCUT2D eigenvalue weighted by molar-refractivity contribution is -0.135. The van der Waals surface area contributed by atoms with Crippen molar-refractivity contribution in [1.29, 1.82) is 5.26 Å². The van der Waals surface area contributed by atoms with Gasteiger partial charge in [-0.05, 0) is 23.3 Å². The fourth-order valence-electron chi connectivity index (χ4n) is 2.74. The monoisotopic (exact) mass is 343 g/mol. The van der Waals surface area contributed by atoms with Crippen molar-refractivity contribution >= 4 is 5.97 Å². The summed E-state index contributed by atoms with van der Waals surface area (Å²) < 4.78 is 10.9. The highest BCUT2D eigenvalue weighted by molar-refractivity contribution is 5.84. The number of benzene rings is 3. The molecule has 0 aliphatic heterocycles. The highest BCUT2D eigenvalue weighted by Crippen LogP contribution is 2.32. The first-order valence-electron chi connectivity index (χ1n) is 8.12. The molecule has 3 rings (SSSR count). The van der Waals surface area contributed by atoms with Gasteiger partial charge in [0.15, 0.2) is 11.5 Å². The average Bonchev–Trinajstić information content (AvgIpc) is 2.70. The fourth-order valence-corrected chi connectivity index (χ4v) is 2.74. The van der Waals surface area contributed by atoms with Gasteiger partial charge in [0, 0.05) is 6.07 Å². The molecular formula is C22H17NO3. The van der Waals surface area contributed by atoms with Crippen LogP contribution < -0.4 is 9.47 Å². The molecule has 0 bridgehead atoms. The Morgan fingerprint density at radius 2 is 1.46 bits per heavy atom. The van der Waals surface area contributed by atoms with Crippen LogP contribution in [0.25, 0.3) is 0 Å². The second kappa shape index (κ2) is 8.00.